The SMILES string of the molecule is CC1CCOC(C)C1.CO.CO. The Bertz CT molecular complexity index is 68.2. The molecule has 2 atom stereocenters. The van der Waals surface area contributed by atoms with E-state index in [2.05, 4.69) is 13.8 Å². The molecular weight excluding hydrogens is 156 g/mol. The minimum absolute atomic E-state index is 0.513. The number of ether oxygens (including phenoxy) is 1. The second kappa shape index (κ2) is 10.9. The Kier molecular flexibility index (Phi) is 13.1. The minimum atomic E-state index is 0.513. The van der Waals surface area contributed by atoms with E-state index >= 15 is 0 Å². The molecular formula is C9H22O3. The predicted octanol–water partition coefficient (Wildman–Crippen LogP) is 1.04. The van der Waals surface area contributed by atoms with Crippen LogP contribution in [0.15, 0.2) is 0 Å². The van der Waals surface area contributed by atoms with Crippen LogP contribution in [-0.2, 0) is 4.74 Å². The molecule has 12 heavy (non-hydrogen) atoms. The number of aliphatic hydroxyl groups excluding tert-OH is 2. The van der Waals surface area contributed by atoms with Crippen LogP contribution < -0.4 is 0 Å². The second-order valence-corrected chi connectivity index (χ2v) is 2.81. The van der Waals surface area contributed by atoms with Crippen molar-refractivity contribution in [2.75, 3.05) is 20.8 Å². The van der Waals surface area contributed by atoms with Crippen LogP contribution in [0.1, 0.15) is 26.7 Å². The summed E-state index contributed by atoms with van der Waals surface area (Å²) in [6, 6.07) is 0. The summed E-state index contributed by atoms with van der Waals surface area (Å²) in [6.07, 6.45) is 3.02. The molecule has 0 spiro atoms. The van der Waals surface area contributed by atoms with Gasteiger partial charge in [-0.3, -0.25) is 0 Å². The van der Waals surface area contributed by atoms with Gasteiger partial charge in [0.1, 0.15) is 0 Å². The summed E-state index contributed by atoms with van der Waals surface area (Å²) in [5, 5.41) is 14.0. The third kappa shape index (κ3) is 7.98. The molecule has 1 saturated heterocycles. The lowest BCUT2D eigenvalue weighted by atomic mass is 9.99. The van der Waals surface area contributed by atoms with Crippen LogP contribution in [0.2, 0.25) is 0 Å². The van der Waals surface area contributed by atoms with Crippen molar-refractivity contribution in [3.8, 4) is 0 Å². The molecule has 1 rings (SSSR count). The monoisotopic (exact) mass is 178 g/mol. The number of hydrogen-bond donors (Lipinski definition) is 2. The highest BCUT2D eigenvalue weighted by atomic mass is 16.5. The van der Waals surface area contributed by atoms with Gasteiger partial charge < -0.3 is 14.9 Å². The lowest BCUT2D eigenvalue weighted by molar-refractivity contribution is 0.00682. The van der Waals surface area contributed by atoms with Gasteiger partial charge in [-0.1, -0.05) is 6.92 Å². The van der Waals surface area contributed by atoms with Gasteiger partial charge >= 0.3 is 0 Å². The Morgan fingerprint density at radius 3 is 1.83 bits per heavy atom. The second-order valence-electron chi connectivity index (χ2n) is 2.81. The first-order valence-electron chi connectivity index (χ1n) is 4.30. The van der Waals surface area contributed by atoms with Gasteiger partial charge in [-0.25, -0.2) is 0 Å². The smallest absolute Gasteiger partial charge is 0.0549 e. The van der Waals surface area contributed by atoms with Crippen molar-refractivity contribution in [1.29, 1.82) is 0 Å². The number of aliphatic hydroxyl groups is 2. The van der Waals surface area contributed by atoms with E-state index < -0.39 is 0 Å². The van der Waals surface area contributed by atoms with Crippen molar-refractivity contribution in [3.63, 3.8) is 0 Å². The van der Waals surface area contributed by atoms with Gasteiger partial charge in [0.15, 0.2) is 0 Å². The molecule has 1 aliphatic heterocycles. The number of rotatable bonds is 0. The van der Waals surface area contributed by atoms with Crippen LogP contribution in [0, 0.1) is 5.92 Å². The summed E-state index contributed by atoms with van der Waals surface area (Å²) >= 11 is 0. The van der Waals surface area contributed by atoms with Crippen LogP contribution in [0.4, 0.5) is 0 Å². The average molecular weight is 178 g/mol. The molecule has 2 unspecified atom stereocenters. The molecule has 1 fully saturated rings. The topological polar surface area (TPSA) is 49.7 Å². The van der Waals surface area contributed by atoms with Gasteiger partial charge in [0.2, 0.25) is 0 Å². The zero-order chi connectivity index (χ0) is 9.98. The van der Waals surface area contributed by atoms with Crippen LogP contribution in [0.5, 0.6) is 0 Å². The summed E-state index contributed by atoms with van der Waals surface area (Å²) in [4.78, 5) is 0. The summed E-state index contributed by atoms with van der Waals surface area (Å²) in [5.74, 6) is 0.888. The van der Waals surface area contributed by atoms with Crippen molar-refractivity contribution in [2.45, 2.75) is 32.8 Å². The highest BCUT2D eigenvalue weighted by Gasteiger charge is 2.13. The largest absolute Gasteiger partial charge is 0.400 e. The Hall–Kier alpha value is -0.120. The van der Waals surface area contributed by atoms with Crippen LogP contribution in [-0.4, -0.2) is 37.1 Å². The zero-order valence-electron chi connectivity index (χ0n) is 8.58. The zero-order valence-corrected chi connectivity index (χ0v) is 8.58. The van der Waals surface area contributed by atoms with Gasteiger partial charge in [-0.15, -0.1) is 0 Å². The van der Waals surface area contributed by atoms with E-state index in [0.29, 0.717) is 6.10 Å². The molecule has 0 radical (unpaired) electrons. The Labute approximate surface area is 75.4 Å². The van der Waals surface area contributed by atoms with Crippen molar-refractivity contribution in [1.82, 2.24) is 0 Å². The molecule has 0 bridgehead atoms. The van der Waals surface area contributed by atoms with E-state index in [-0.39, 0.29) is 0 Å². The van der Waals surface area contributed by atoms with Crippen LogP contribution in [0.3, 0.4) is 0 Å². The van der Waals surface area contributed by atoms with E-state index in [9.17, 15) is 0 Å². The first kappa shape index (κ1) is 14.4. The summed E-state index contributed by atoms with van der Waals surface area (Å²) in [7, 11) is 2.00. The van der Waals surface area contributed by atoms with E-state index in [1.54, 1.807) is 0 Å². The highest BCUT2D eigenvalue weighted by molar-refractivity contribution is 4.63. The molecule has 0 saturated carbocycles. The standard InChI is InChI=1S/C7H14O.2CH4O/c1-6-3-4-8-7(2)5-6;2*1-2/h6-7H,3-5H2,1-2H3;2*2H,1H3. The molecule has 76 valence electrons. The molecule has 0 amide bonds. The van der Waals surface area contributed by atoms with E-state index in [0.717, 1.165) is 26.7 Å². The molecule has 0 aromatic rings. The summed E-state index contributed by atoms with van der Waals surface area (Å²) in [5.41, 5.74) is 0. The summed E-state index contributed by atoms with van der Waals surface area (Å²) < 4.78 is 5.35. The lowest BCUT2D eigenvalue weighted by Crippen LogP contribution is -2.20. The van der Waals surface area contributed by atoms with Gasteiger partial charge in [0.25, 0.3) is 0 Å². The Balaban J connectivity index is 0. The quantitative estimate of drug-likeness (QED) is 0.582. The fourth-order valence-corrected chi connectivity index (χ4v) is 1.22. The molecule has 0 aliphatic carbocycles. The molecule has 3 heteroatoms. The van der Waals surface area contributed by atoms with Crippen molar-refractivity contribution in [2.24, 2.45) is 5.92 Å². The first-order chi connectivity index (χ1) is 5.79. The van der Waals surface area contributed by atoms with E-state index in [1.165, 1.54) is 12.8 Å². The maximum atomic E-state index is 7.00. The maximum Gasteiger partial charge on any atom is 0.0549 e. The van der Waals surface area contributed by atoms with Gasteiger partial charge in [-0.2, -0.15) is 0 Å². The molecule has 1 aliphatic rings. The predicted molar refractivity (Wildman–Crippen MR) is 50.1 cm³/mol. The van der Waals surface area contributed by atoms with Crippen LogP contribution in [0.25, 0.3) is 0 Å². The third-order valence-corrected chi connectivity index (χ3v) is 1.75. The normalized spacial score (nSPS) is 27.5. The van der Waals surface area contributed by atoms with E-state index in [4.69, 9.17) is 14.9 Å². The van der Waals surface area contributed by atoms with E-state index in [1.807, 2.05) is 0 Å². The molecule has 0 aromatic heterocycles. The lowest BCUT2D eigenvalue weighted by Gasteiger charge is -2.23. The Morgan fingerprint density at radius 2 is 1.58 bits per heavy atom. The Morgan fingerprint density at radius 1 is 1.08 bits per heavy atom. The molecule has 1 heterocycles. The third-order valence-electron chi connectivity index (χ3n) is 1.75. The van der Waals surface area contributed by atoms with Gasteiger partial charge in [0, 0.05) is 20.8 Å². The number of hydrogen-bond acceptors (Lipinski definition) is 3. The summed E-state index contributed by atoms with van der Waals surface area (Å²) in [6.45, 7) is 5.41. The van der Waals surface area contributed by atoms with Crippen molar-refractivity contribution in [3.05, 3.63) is 0 Å². The van der Waals surface area contributed by atoms with Gasteiger partial charge in [-0.05, 0) is 25.7 Å². The van der Waals surface area contributed by atoms with Crippen molar-refractivity contribution < 1.29 is 14.9 Å². The average Bonchev–Trinajstić information content (AvgIpc) is 2.11. The fourth-order valence-electron chi connectivity index (χ4n) is 1.22. The minimum Gasteiger partial charge on any atom is -0.400 e. The first-order valence-corrected chi connectivity index (χ1v) is 4.30. The molecule has 0 aromatic carbocycles. The molecule has 2 N–H and O–H groups in total. The highest BCUT2D eigenvalue weighted by Crippen LogP contribution is 2.18. The van der Waals surface area contributed by atoms with Crippen molar-refractivity contribution >= 4 is 0 Å². The van der Waals surface area contributed by atoms with Crippen LogP contribution >= 0.6 is 0 Å². The fraction of sp³-hybridized carbons (Fsp3) is 1.00. The molecule has 3 nitrogen and oxygen atoms in total. The van der Waals surface area contributed by atoms with Gasteiger partial charge in [0.05, 0.1) is 6.10 Å². The maximum absolute atomic E-state index is 7.00.